The largest absolute Gasteiger partial charge is 0.366 e. The third kappa shape index (κ3) is 4.26. The predicted octanol–water partition coefficient (Wildman–Crippen LogP) is 1.60. The Morgan fingerprint density at radius 1 is 1.24 bits per heavy atom. The van der Waals surface area contributed by atoms with Crippen LogP contribution in [0.15, 0.2) is 12.1 Å². The van der Waals surface area contributed by atoms with Crippen molar-refractivity contribution >= 4 is 5.82 Å². The molecule has 2 heterocycles. The van der Waals surface area contributed by atoms with Crippen LogP contribution in [0.1, 0.15) is 29.8 Å². The molecule has 0 saturated carbocycles. The van der Waals surface area contributed by atoms with E-state index in [4.69, 9.17) is 5.73 Å². The highest BCUT2D eigenvalue weighted by atomic mass is 15.3. The van der Waals surface area contributed by atoms with E-state index in [2.05, 4.69) is 40.3 Å². The summed E-state index contributed by atoms with van der Waals surface area (Å²) in [5, 5.41) is 7.90. The van der Waals surface area contributed by atoms with Crippen LogP contribution >= 0.6 is 0 Å². The summed E-state index contributed by atoms with van der Waals surface area (Å²) in [5.41, 5.74) is 8.78. The quantitative estimate of drug-likeness (QED) is 0.843. The maximum atomic E-state index is 5.59. The van der Waals surface area contributed by atoms with Gasteiger partial charge in [0.05, 0.1) is 12.2 Å². The number of nitrogens with one attached hydrogen (secondary N) is 1. The summed E-state index contributed by atoms with van der Waals surface area (Å²) in [6.45, 7) is 9.49. The number of nitrogens with zero attached hydrogens (tertiary/aromatic N) is 4. The molecule has 21 heavy (non-hydrogen) atoms. The van der Waals surface area contributed by atoms with E-state index in [9.17, 15) is 0 Å². The standard InChI is InChI=1S/C15H24N6/c1-10-7-12(3)21(20-10)9-11(2)17-15-8-14(5-6-16)18-13(4)19-15/h7-8,11H,5-6,9,16H2,1-4H3,(H,17,18,19)/t11-/m0/s1. The molecule has 0 saturated heterocycles. The van der Waals surface area contributed by atoms with Gasteiger partial charge in [-0.25, -0.2) is 9.97 Å². The van der Waals surface area contributed by atoms with Crippen LogP contribution in [0.5, 0.6) is 0 Å². The Bertz CT molecular complexity index is 604. The topological polar surface area (TPSA) is 81.7 Å². The first kappa shape index (κ1) is 15.4. The zero-order chi connectivity index (χ0) is 15.4. The summed E-state index contributed by atoms with van der Waals surface area (Å²) in [6.07, 6.45) is 0.768. The van der Waals surface area contributed by atoms with Crippen LogP contribution in [0.3, 0.4) is 0 Å². The molecule has 2 aromatic rings. The van der Waals surface area contributed by atoms with Crippen LogP contribution in [0.2, 0.25) is 0 Å². The lowest BCUT2D eigenvalue weighted by Crippen LogP contribution is -2.24. The number of anilines is 1. The van der Waals surface area contributed by atoms with Crippen molar-refractivity contribution in [1.29, 1.82) is 0 Å². The van der Waals surface area contributed by atoms with Gasteiger partial charge in [-0.2, -0.15) is 5.10 Å². The van der Waals surface area contributed by atoms with Crippen LogP contribution in [0.25, 0.3) is 0 Å². The van der Waals surface area contributed by atoms with Crippen molar-refractivity contribution in [2.75, 3.05) is 11.9 Å². The number of hydrogen-bond acceptors (Lipinski definition) is 5. The van der Waals surface area contributed by atoms with Crippen molar-refractivity contribution in [3.05, 3.63) is 35.0 Å². The smallest absolute Gasteiger partial charge is 0.130 e. The van der Waals surface area contributed by atoms with E-state index < -0.39 is 0 Å². The SMILES string of the molecule is Cc1cc(C)n(C[C@H](C)Nc2cc(CCN)nc(C)n2)n1. The molecule has 0 bridgehead atoms. The minimum Gasteiger partial charge on any atom is -0.366 e. The Kier molecular flexibility index (Phi) is 4.90. The molecule has 2 rings (SSSR count). The van der Waals surface area contributed by atoms with Gasteiger partial charge in [0.25, 0.3) is 0 Å². The minimum atomic E-state index is 0.225. The third-order valence-electron chi connectivity index (χ3n) is 3.24. The normalized spacial score (nSPS) is 12.4. The fourth-order valence-electron chi connectivity index (χ4n) is 2.40. The number of aromatic nitrogens is 4. The van der Waals surface area contributed by atoms with E-state index in [0.717, 1.165) is 36.0 Å². The van der Waals surface area contributed by atoms with E-state index in [0.29, 0.717) is 6.54 Å². The zero-order valence-electron chi connectivity index (χ0n) is 13.2. The summed E-state index contributed by atoms with van der Waals surface area (Å²) < 4.78 is 2.02. The molecule has 114 valence electrons. The Balaban J connectivity index is 2.05. The molecule has 6 nitrogen and oxygen atoms in total. The van der Waals surface area contributed by atoms with Gasteiger partial charge in [0.1, 0.15) is 11.6 Å². The van der Waals surface area contributed by atoms with Gasteiger partial charge in [0.2, 0.25) is 0 Å². The van der Waals surface area contributed by atoms with Gasteiger partial charge in [-0.1, -0.05) is 0 Å². The second kappa shape index (κ2) is 6.67. The fourth-order valence-corrected chi connectivity index (χ4v) is 2.40. The van der Waals surface area contributed by atoms with E-state index in [1.54, 1.807) is 0 Å². The fraction of sp³-hybridized carbons (Fsp3) is 0.533. The number of hydrogen-bond donors (Lipinski definition) is 2. The van der Waals surface area contributed by atoms with Gasteiger partial charge < -0.3 is 11.1 Å². The maximum Gasteiger partial charge on any atom is 0.130 e. The average molecular weight is 288 g/mol. The molecular weight excluding hydrogens is 264 g/mol. The molecule has 0 aliphatic carbocycles. The molecular formula is C15H24N6. The maximum absolute atomic E-state index is 5.59. The van der Waals surface area contributed by atoms with Crippen LogP contribution < -0.4 is 11.1 Å². The van der Waals surface area contributed by atoms with E-state index >= 15 is 0 Å². The first-order chi connectivity index (χ1) is 9.97. The van der Waals surface area contributed by atoms with Crippen molar-refractivity contribution in [3.8, 4) is 0 Å². The first-order valence-corrected chi connectivity index (χ1v) is 7.30. The molecule has 0 aliphatic rings. The second-order valence-corrected chi connectivity index (χ2v) is 5.49. The summed E-state index contributed by atoms with van der Waals surface area (Å²) in [5.74, 6) is 1.61. The summed E-state index contributed by atoms with van der Waals surface area (Å²) in [6, 6.07) is 4.28. The van der Waals surface area contributed by atoms with Crippen LogP contribution in [0.4, 0.5) is 5.82 Å². The first-order valence-electron chi connectivity index (χ1n) is 7.30. The number of aryl methyl sites for hydroxylation is 3. The molecule has 6 heteroatoms. The molecule has 0 unspecified atom stereocenters. The van der Waals surface area contributed by atoms with E-state index in [-0.39, 0.29) is 6.04 Å². The highest BCUT2D eigenvalue weighted by molar-refractivity contribution is 5.37. The Morgan fingerprint density at radius 2 is 2.00 bits per heavy atom. The van der Waals surface area contributed by atoms with Crippen LogP contribution in [-0.4, -0.2) is 32.3 Å². The van der Waals surface area contributed by atoms with Crippen molar-refractivity contribution in [1.82, 2.24) is 19.7 Å². The number of nitrogens with two attached hydrogens (primary N) is 1. The lowest BCUT2D eigenvalue weighted by Gasteiger charge is -2.16. The van der Waals surface area contributed by atoms with Crippen molar-refractivity contribution < 1.29 is 0 Å². The summed E-state index contributed by atoms with van der Waals surface area (Å²) in [4.78, 5) is 8.82. The number of rotatable bonds is 6. The molecule has 0 radical (unpaired) electrons. The predicted molar refractivity (Wildman–Crippen MR) is 84.3 cm³/mol. The third-order valence-corrected chi connectivity index (χ3v) is 3.24. The minimum absolute atomic E-state index is 0.225. The average Bonchev–Trinajstić information content (AvgIpc) is 2.67. The molecule has 0 aliphatic heterocycles. The Labute approximate surface area is 125 Å². The van der Waals surface area contributed by atoms with Gasteiger partial charge in [-0.3, -0.25) is 4.68 Å². The van der Waals surface area contributed by atoms with Gasteiger partial charge in [0.15, 0.2) is 0 Å². The van der Waals surface area contributed by atoms with Crippen LogP contribution in [-0.2, 0) is 13.0 Å². The molecule has 0 spiro atoms. The van der Waals surface area contributed by atoms with E-state index in [1.165, 1.54) is 5.69 Å². The van der Waals surface area contributed by atoms with Crippen molar-refractivity contribution in [2.45, 2.75) is 46.7 Å². The lowest BCUT2D eigenvalue weighted by atomic mass is 10.2. The highest BCUT2D eigenvalue weighted by Crippen LogP contribution is 2.10. The zero-order valence-corrected chi connectivity index (χ0v) is 13.2. The Hall–Kier alpha value is -1.95. The van der Waals surface area contributed by atoms with Gasteiger partial charge in [0, 0.05) is 29.9 Å². The lowest BCUT2D eigenvalue weighted by molar-refractivity contribution is 0.544. The van der Waals surface area contributed by atoms with Crippen LogP contribution in [0, 0.1) is 20.8 Å². The van der Waals surface area contributed by atoms with Gasteiger partial charge in [-0.15, -0.1) is 0 Å². The van der Waals surface area contributed by atoms with Crippen molar-refractivity contribution in [3.63, 3.8) is 0 Å². The van der Waals surface area contributed by atoms with Gasteiger partial charge >= 0.3 is 0 Å². The Morgan fingerprint density at radius 3 is 2.62 bits per heavy atom. The van der Waals surface area contributed by atoms with Gasteiger partial charge in [-0.05, 0) is 40.3 Å². The molecule has 2 aromatic heterocycles. The highest BCUT2D eigenvalue weighted by Gasteiger charge is 2.09. The molecule has 1 atom stereocenters. The molecule has 0 fully saturated rings. The summed E-state index contributed by atoms with van der Waals surface area (Å²) in [7, 11) is 0. The molecule has 3 N–H and O–H groups in total. The van der Waals surface area contributed by atoms with Crippen molar-refractivity contribution in [2.24, 2.45) is 5.73 Å². The summed E-state index contributed by atoms with van der Waals surface area (Å²) >= 11 is 0. The monoisotopic (exact) mass is 288 g/mol. The molecule has 0 amide bonds. The van der Waals surface area contributed by atoms with E-state index in [1.807, 2.05) is 24.6 Å². The second-order valence-electron chi connectivity index (χ2n) is 5.49. The molecule has 0 aromatic carbocycles.